The molecule has 2 rings (SSSR count). The summed E-state index contributed by atoms with van der Waals surface area (Å²) in [6, 6.07) is 5.90. The number of pyridine rings is 1. The van der Waals surface area contributed by atoms with Gasteiger partial charge in [-0.25, -0.2) is 4.98 Å². The standard InChI is InChI=1S/C11H15N3O.ClH/c1-12-11(15)10-5-2-4-9(14-10)8-6-3-7-13-8;/h2,4-5,8,13H,3,6-7H2,1H3,(H,12,15);1H. The fraction of sp³-hybridized carbons (Fsp3) is 0.455. The van der Waals surface area contributed by atoms with E-state index in [1.165, 1.54) is 6.42 Å². The molecule has 2 N–H and O–H groups in total. The highest BCUT2D eigenvalue weighted by atomic mass is 35.5. The van der Waals surface area contributed by atoms with Gasteiger partial charge in [0.25, 0.3) is 5.91 Å². The first-order valence-corrected chi connectivity index (χ1v) is 5.23. The van der Waals surface area contributed by atoms with E-state index in [-0.39, 0.29) is 18.3 Å². The van der Waals surface area contributed by atoms with Gasteiger partial charge in [-0.2, -0.15) is 0 Å². The number of carbonyl (C=O) groups is 1. The summed E-state index contributed by atoms with van der Waals surface area (Å²) in [7, 11) is 1.62. The number of amides is 1. The van der Waals surface area contributed by atoms with Gasteiger partial charge in [0, 0.05) is 13.1 Å². The molecular formula is C11H16ClN3O. The van der Waals surface area contributed by atoms with Crippen molar-refractivity contribution in [1.82, 2.24) is 15.6 Å². The molecule has 0 saturated carbocycles. The first-order valence-electron chi connectivity index (χ1n) is 5.23. The topological polar surface area (TPSA) is 54.0 Å². The van der Waals surface area contributed by atoms with E-state index in [1.807, 2.05) is 12.1 Å². The van der Waals surface area contributed by atoms with Crippen LogP contribution in [0.1, 0.15) is 35.1 Å². The Balaban J connectivity index is 0.00000128. The van der Waals surface area contributed by atoms with Crippen molar-refractivity contribution in [2.45, 2.75) is 18.9 Å². The molecule has 4 nitrogen and oxygen atoms in total. The zero-order valence-corrected chi connectivity index (χ0v) is 10.0. The molecule has 0 spiro atoms. The molecule has 1 aliphatic heterocycles. The largest absolute Gasteiger partial charge is 0.354 e. The molecule has 5 heteroatoms. The summed E-state index contributed by atoms with van der Waals surface area (Å²) in [5.41, 5.74) is 1.46. The molecule has 16 heavy (non-hydrogen) atoms. The zero-order chi connectivity index (χ0) is 10.7. The predicted molar refractivity (Wildman–Crippen MR) is 64.9 cm³/mol. The summed E-state index contributed by atoms with van der Waals surface area (Å²) in [6.07, 6.45) is 2.28. The minimum absolute atomic E-state index is 0. The van der Waals surface area contributed by atoms with Crippen molar-refractivity contribution in [2.75, 3.05) is 13.6 Å². The van der Waals surface area contributed by atoms with Crippen LogP contribution in [0.15, 0.2) is 18.2 Å². The Labute approximate surface area is 101 Å². The molecule has 2 heterocycles. The summed E-state index contributed by atoms with van der Waals surface area (Å²) in [5, 5.41) is 5.94. The number of rotatable bonds is 2. The van der Waals surface area contributed by atoms with E-state index in [4.69, 9.17) is 0 Å². The lowest BCUT2D eigenvalue weighted by Gasteiger charge is -2.10. The maximum Gasteiger partial charge on any atom is 0.269 e. The van der Waals surface area contributed by atoms with Crippen molar-refractivity contribution in [1.29, 1.82) is 0 Å². The van der Waals surface area contributed by atoms with Crippen LogP contribution in [0.25, 0.3) is 0 Å². The van der Waals surface area contributed by atoms with Gasteiger partial charge >= 0.3 is 0 Å². The Bertz CT molecular complexity index is 364. The smallest absolute Gasteiger partial charge is 0.269 e. The molecule has 1 saturated heterocycles. The highest BCUT2D eigenvalue weighted by molar-refractivity contribution is 5.91. The molecule has 1 aromatic rings. The van der Waals surface area contributed by atoms with E-state index < -0.39 is 0 Å². The van der Waals surface area contributed by atoms with E-state index in [0.29, 0.717) is 11.7 Å². The summed E-state index contributed by atoms with van der Waals surface area (Å²) < 4.78 is 0. The predicted octanol–water partition coefficient (Wildman–Crippen LogP) is 1.29. The minimum Gasteiger partial charge on any atom is -0.354 e. The average molecular weight is 242 g/mol. The van der Waals surface area contributed by atoms with Gasteiger partial charge in [0.2, 0.25) is 0 Å². The van der Waals surface area contributed by atoms with Crippen LogP contribution in [0, 0.1) is 0 Å². The number of nitrogens with zero attached hydrogens (tertiary/aromatic N) is 1. The van der Waals surface area contributed by atoms with E-state index in [2.05, 4.69) is 15.6 Å². The van der Waals surface area contributed by atoms with E-state index >= 15 is 0 Å². The van der Waals surface area contributed by atoms with Crippen molar-refractivity contribution in [3.8, 4) is 0 Å². The fourth-order valence-electron chi connectivity index (χ4n) is 1.84. The normalized spacial score (nSPS) is 18.9. The Kier molecular flexibility index (Phi) is 4.71. The summed E-state index contributed by atoms with van der Waals surface area (Å²) in [6.45, 7) is 1.04. The zero-order valence-electron chi connectivity index (χ0n) is 9.19. The lowest BCUT2D eigenvalue weighted by molar-refractivity contribution is 0.0958. The maximum absolute atomic E-state index is 11.4. The van der Waals surface area contributed by atoms with Gasteiger partial charge in [-0.05, 0) is 31.5 Å². The molecule has 0 radical (unpaired) electrons. The number of aromatic nitrogens is 1. The molecule has 1 aliphatic rings. The lowest BCUT2D eigenvalue weighted by Crippen LogP contribution is -2.21. The van der Waals surface area contributed by atoms with Gasteiger partial charge in [0.05, 0.1) is 5.69 Å². The Morgan fingerprint density at radius 1 is 1.56 bits per heavy atom. The van der Waals surface area contributed by atoms with Crippen LogP contribution in [-0.2, 0) is 0 Å². The second-order valence-electron chi connectivity index (χ2n) is 3.68. The third-order valence-electron chi connectivity index (χ3n) is 2.65. The number of carbonyl (C=O) groups excluding carboxylic acids is 1. The average Bonchev–Trinajstić information content (AvgIpc) is 2.82. The number of hydrogen-bond donors (Lipinski definition) is 2. The Morgan fingerprint density at radius 3 is 3.00 bits per heavy atom. The van der Waals surface area contributed by atoms with Crippen LogP contribution in [0.3, 0.4) is 0 Å². The van der Waals surface area contributed by atoms with E-state index in [0.717, 1.165) is 18.7 Å². The van der Waals surface area contributed by atoms with Gasteiger partial charge in [-0.15, -0.1) is 12.4 Å². The number of hydrogen-bond acceptors (Lipinski definition) is 3. The van der Waals surface area contributed by atoms with Gasteiger partial charge in [0.15, 0.2) is 0 Å². The Hall–Kier alpha value is -1.13. The van der Waals surface area contributed by atoms with Crippen LogP contribution < -0.4 is 10.6 Å². The number of nitrogens with one attached hydrogen (secondary N) is 2. The monoisotopic (exact) mass is 241 g/mol. The van der Waals surface area contributed by atoms with Crippen molar-refractivity contribution in [2.24, 2.45) is 0 Å². The SMILES string of the molecule is CNC(=O)c1cccc(C2CCCN2)n1.Cl. The van der Waals surface area contributed by atoms with Gasteiger partial charge in [-0.3, -0.25) is 4.79 Å². The van der Waals surface area contributed by atoms with E-state index in [1.54, 1.807) is 13.1 Å². The van der Waals surface area contributed by atoms with Crippen molar-refractivity contribution in [3.05, 3.63) is 29.6 Å². The van der Waals surface area contributed by atoms with Crippen LogP contribution in [0.4, 0.5) is 0 Å². The fourth-order valence-corrected chi connectivity index (χ4v) is 1.84. The van der Waals surface area contributed by atoms with Gasteiger partial charge < -0.3 is 10.6 Å². The molecule has 1 atom stereocenters. The van der Waals surface area contributed by atoms with Crippen molar-refractivity contribution in [3.63, 3.8) is 0 Å². The van der Waals surface area contributed by atoms with Crippen molar-refractivity contribution >= 4 is 18.3 Å². The highest BCUT2D eigenvalue weighted by Gasteiger charge is 2.18. The van der Waals surface area contributed by atoms with Gasteiger partial charge in [-0.1, -0.05) is 6.07 Å². The lowest BCUT2D eigenvalue weighted by atomic mass is 10.1. The quantitative estimate of drug-likeness (QED) is 0.821. The third-order valence-corrected chi connectivity index (χ3v) is 2.65. The molecular weight excluding hydrogens is 226 g/mol. The first-order chi connectivity index (χ1) is 7.31. The minimum atomic E-state index is -0.130. The van der Waals surface area contributed by atoms with Crippen molar-refractivity contribution < 1.29 is 4.79 Å². The second kappa shape index (κ2) is 5.82. The molecule has 1 aromatic heterocycles. The van der Waals surface area contributed by atoms with Crippen LogP contribution in [0.5, 0.6) is 0 Å². The molecule has 1 amide bonds. The molecule has 0 aliphatic carbocycles. The molecule has 88 valence electrons. The first kappa shape index (κ1) is 12.9. The molecule has 1 unspecified atom stereocenters. The molecule has 0 bridgehead atoms. The Morgan fingerprint density at radius 2 is 2.38 bits per heavy atom. The molecule has 0 aromatic carbocycles. The van der Waals surface area contributed by atoms with Crippen LogP contribution in [-0.4, -0.2) is 24.5 Å². The number of halogens is 1. The second-order valence-corrected chi connectivity index (χ2v) is 3.68. The summed E-state index contributed by atoms with van der Waals surface area (Å²) in [4.78, 5) is 15.7. The van der Waals surface area contributed by atoms with Gasteiger partial charge in [0.1, 0.15) is 5.69 Å². The third kappa shape index (κ3) is 2.71. The summed E-state index contributed by atoms with van der Waals surface area (Å²) >= 11 is 0. The maximum atomic E-state index is 11.4. The highest BCUT2D eigenvalue weighted by Crippen LogP contribution is 2.21. The van der Waals surface area contributed by atoms with Crippen LogP contribution in [0.2, 0.25) is 0 Å². The molecule has 1 fully saturated rings. The van der Waals surface area contributed by atoms with Crippen LogP contribution >= 0.6 is 12.4 Å². The summed E-state index contributed by atoms with van der Waals surface area (Å²) in [5.74, 6) is -0.130. The van der Waals surface area contributed by atoms with E-state index in [9.17, 15) is 4.79 Å².